The third-order valence-corrected chi connectivity index (χ3v) is 5.62. The Morgan fingerprint density at radius 1 is 1.23 bits per heavy atom. The fourth-order valence-corrected chi connectivity index (χ4v) is 4.25. The molecule has 0 spiro atoms. The number of hydrogen-bond acceptors (Lipinski definition) is 5. The molecule has 1 saturated heterocycles. The van der Waals surface area contributed by atoms with E-state index in [4.69, 9.17) is 0 Å². The minimum absolute atomic E-state index is 0.0186. The summed E-state index contributed by atoms with van der Waals surface area (Å²) in [5.74, 6) is 2.77. The summed E-state index contributed by atoms with van der Waals surface area (Å²) in [5, 5.41) is 11.6. The van der Waals surface area contributed by atoms with Crippen LogP contribution in [0.2, 0.25) is 0 Å². The summed E-state index contributed by atoms with van der Waals surface area (Å²) in [6.07, 6.45) is 4.47. The third-order valence-electron chi connectivity index (χ3n) is 4.67. The Morgan fingerprint density at radius 2 is 2.15 bits per heavy atom. The van der Waals surface area contributed by atoms with Crippen LogP contribution >= 0.6 is 11.8 Å². The summed E-state index contributed by atoms with van der Waals surface area (Å²) in [4.78, 5) is 25.5. The second kappa shape index (κ2) is 7.49. The van der Waals surface area contributed by atoms with Crippen LogP contribution in [0.3, 0.4) is 0 Å². The highest BCUT2D eigenvalue weighted by Crippen LogP contribution is 2.25. The van der Waals surface area contributed by atoms with E-state index in [1.165, 1.54) is 18.2 Å². The molecule has 1 aromatic heterocycles. The van der Waals surface area contributed by atoms with Crippen LogP contribution in [0.5, 0.6) is 0 Å². The molecule has 7 nitrogen and oxygen atoms in total. The van der Waals surface area contributed by atoms with Gasteiger partial charge in [-0.05, 0) is 25.0 Å². The normalized spacial score (nSPS) is 17.1. The van der Waals surface area contributed by atoms with E-state index in [1.54, 1.807) is 4.90 Å². The smallest absolute Gasteiger partial charge is 0.244 e. The van der Waals surface area contributed by atoms with Gasteiger partial charge in [0.1, 0.15) is 12.4 Å². The molecule has 0 aliphatic carbocycles. The number of aromatic nitrogens is 3. The number of carbonyl (C=O) groups excluding carboxylic acids is 2. The van der Waals surface area contributed by atoms with Crippen molar-refractivity contribution in [2.24, 2.45) is 0 Å². The predicted molar refractivity (Wildman–Crippen MR) is 101 cm³/mol. The van der Waals surface area contributed by atoms with Crippen LogP contribution < -0.4 is 5.32 Å². The van der Waals surface area contributed by atoms with Crippen LogP contribution in [0, 0.1) is 0 Å². The Bertz CT molecular complexity index is 835. The number of rotatable bonds is 4. The van der Waals surface area contributed by atoms with Crippen LogP contribution in [-0.4, -0.2) is 49.7 Å². The van der Waals surface area contributed by atoms with E-state index < -0.39 is 0 Å². The van der Waals surface area contributed by atoms with E-state index >= 15 is 0 Å². The lowest BCUT2D eigenvalue weighted by atomic mass is 10.2. The highest BCUT2D eigenvalue weighted by Gasteiger charge is 2.23. The number of nitrogens with zero attached hydrogens (tertiary/aromatic N) is 4. The Labute approximate surface area is 156 Å². The Hall–Kier alpha value is -2.35. The zero-order chi connectivity index (χ0) is 17.9. The van der Waals surface area contributed by atoms with Gasteiger partial charge in [-0.1, -0.05) is 18.6 Å². The van der Waals surface area contributed by atoms with Gasteiger partial charge in [0, 0.05) is 24.2 Å². The molecule has 26 heavy (non-hydrogen) atoms. The van der Waals surface area contributed by atoms with Gasteiger partial charge in [0.15, 0.2) is 5.82 Å². The molecule has 0 unspecified atom stereocenters. The van der Waals surface area contributed by atoms with Crippen LogP contribution in [0.1, 0.15) is 25.1 Å². The lowest BCUT2D eigenvalue weighted by Crippen LogP contribution is -2.34. The molecular weight excluding hydrogens is 350 g/mol. The summed E-state index contributed by atoms with van der Waals surface area (Å²) >= 11 is 1.53. The van der Waals surface area contributed by atoms with Crippen molar-refractivity contribution in [2.45, 2.75) is 32.2 Å². The standard InChI is InChI=1S/C18H21N5O2S/c24-16(10-22-12-26-11-17(22)25)19-14-6-4-5-13(9-14)18-21-20-15-7-2-1-3-8-23(15)18/h4-6,9H,1-3,7-8,10-12H2,(H,19,24). The van der Waals surface area contributed by atoms with Gasteiger partial charge in [0.25, 0.3) is 0 Å². The summed E-state index contributed by atoms with van der Waals surface area (Å²) < 4.78 is 2.19. The van der Waals surface area contributed by atoms with Gasteiger partial charge < -0.3 is 14.8 Å². The maximum Gasteiger partial charge on any atom is 0.244 e. The van der Waals surface area contributed by atoms with Crippen molar-refractivity contribution in [3.05, 3.63) is 30.1 Å². The van der Waals surface area contributed by atoms with Gasteiger partial charge in [-0.3, -0.25) is 9.59 Å². The summed E-state index contributed by atoms with van der Waals surface area (Å²) in [6.45, 7) is 1.03. The minimum atomic E-state index is -0.182. The van der Waals surface area contributed by atoms with Gasteiger partial charge in [-0.2, -0.15) is 0 Å². The predicted octanol–water partition coefficient (Wildman–Crippen LogP) is 2.14. The molecule has 8 heteroatoms. The average molecular weight is 371 g/mol. The number of hydrogen-bond donors (Lipinski definition) is 1. The van der Waals surface area contributed by atoms with Crippen molar-refractivity contribution in [3.8, 4) is 11.4 Å². The van der Waals surface area contributed by atoms with Crippen LogP contribution in [0.15, 0.2) is 24.3 Å². The van der Waals surface area contributed by atoms with Gasteiger partial charge in [-0.15, -0.1) is 22.0 Å². The van der Waals surface area contributed by atoms with Crippen molar-refractivity contribution in [1.29, 1.82) is 0 Å². The Kier molecular flexibility index (Phi) is 4.92. The molecule has 0 radical (unpaired) electrons. The van der Waals surface area contributed by atoms with Gasteiger partial charge in [0.05, 0.1) is 11.6 Å². The first kappa shape index (κ1) is 17.1. The average Bonchev–Trinajstić information content (AvgIpc) is 3.14. The minimum Gasteiger partial charge on any atom is -0.325 e. The van der Waals surface area contributed by atoms with Gasteiger partial charge in [-0.25, -0.2) is 0 Å². The zero-order valence-electron chi connectivity index (χ0n) is 14.5. The number of fused-ring (bicyclic) bond motifs is 1. The van der Waals surface area contributed by atoms with Gasteiger partial charge in [0.2, 0.25) is 11.8 Å². The molecule has 4 rings (SSSR count). The first-order valence-electron chi connectivity index (χ1n) is 8.88. The quantitative estimate of drug-likeness (QED) is 0.891. The van der Waals surface area contributed by atoms with Crippen molar-refractivity contribution < 1.29 is 9.59 Å². The van der Waals surface area contributed by atoms with Crippen molar-refractivity contribution in [3.63, 3.8) is 0 Å². The molecule has 1 fully saturated rings. The van der Waals surface area contributed by atoms with Crippen LogP contribution in [0.25, 0.3) is 11.4 Å². The lowest BCUT2D eigenvalue weighted by molar-refractivity contribution is -0.130. The number of carbonyl (C=O) groups is 2. The second-order valence-electron chi connectivity index (χ2n) is 6.60. The second-order valence-corrected chi connectivity index (χ2v) is 7.56. The van der Waals surface area contributed by atoms with Crippen molar-refractivity contribution in [2.75, 3.05) is 23.5 Å². The fraction of sp³-hybridized carbons (Fsp3) is 0.444. The highest BCUT2D eigenvalue weighted by atomic mass is 32.2. The molecule has 2 aromatic rings. The van der Waals surface area contributed by atoms with E-state index in [1.807, 2.05) is 24.3 Å². The molecule has 2 aliphatic rings. The Morgan fingerprint density at radius 3 is 3.00 bits per heavy atom. The molecular formula is C18H21N5O2S. The topological polar surface area (TPSA) is 80.1 Å². The molecule has 0 atom stereocenters. The number of anilines is 1. The largest absolute Gasteiger partial charge is 0.325 e. The summed E-state index contributed by atoms with van der Waals surface area (Å²) in [6, 6.07) is 7.65. The van der Waals surface area contributed by atoms with Gasteiger partial charge >= 0.3 is 0 Å². The zero-order valence-corrected chi connectivity index (χ0v) is 15.3. The molecule has 1 N–H and O–H groups in total. The fourth-order valence-electron chi connectivity index (χ4n) is 3.35. The van der Waals surface area contributed by atoms with E-state index in [2.05, 4.69) is 20.1 Å². The molecule has 2 amide bonds. The van der Waals surface area contributed by atoms with Crippen LogP contribution in [0.4, 0.5) is 5.69 Å². The first-order chi connectivity index (χ1) is 12.7. The SMILES string of the molecule is O=C(CN1CSCC1=O)Nc1cccc(-c2nnc3n2CCCCC3)c1. The van der Waals surface area contributed by atoms with Crippen LogP contribution in [-0.2, 0) is 22.6 Å². The number of nitrogens with one attached hydrogen (secondary N) is 1. The van der Waals surface area contributed by atoms with E-state index in [9.17, 15) is 9.59 Å². The summed E-state index contributed by atoms with van der Waals surface area (Å²) in [7, 11) is 0. The molecule has 0 saturated carbocycles. The molecule has 3 heterocycles. The molecule has 2 aliphatic heterocycles. The lowest BCUT2D eigenvalue weighted by Gasteiger charge is -2.14. The van der Waals surface area contributed by atoms with E-state index in [0.29, 0.717) is 17.3 Å². The first-order valence-corrected chi connectivity index (χ1v) is 10.0. The van der Waals surface area contributed by atoms with E-state index in [-0.39, 0.29) is 18.4 Å². The number of thioether (sulfide) groups is 1. The number of aryl methyl sites for hydroxylation is 1. The third kappa shape index (κ3) is 3.60. The summed E-state index contributed by atoms with van der Waals surface area (Å²) in [5.41, 5.74) is 1.65. The number of benzene rings is 1. The molecule has 0 bridgehead atoms. The molecule has 136 valence electrons. The number of amides is 2. The Balaban J connectivity index is 1.49. The van der Waals surface area contributed by atoms with Crippen molar-refractivity contribution >= 4 is 29.3 Å². The maximum absolute atomic E-state index is 12.2. The van der Waals surface area contributed by atoms with E-state index in [0.717, 1.165) is 43.0 Å². The monoisotopic (exact) mass is 371 g/mol. The molecule has 1 aromatic carbocycles. The maximum atomic E-state index is 12.2. The highest BCUT2D eigenvalue weighted by molar-refractivity contribution is 8.00. The van der Waals surface area contributed by atoms with Crippen molar-refractivity contribution in [1.82, 2.24) is 19.7 Å².